The highest BCUT2D eigenvalue weighted by atomic mass is 32.1. The van der Waals surface area contributed by atoms with Crippen molar-refractivity contribution in [2.45, 2.75) is 6.92 Å². The van der Waals surface area contributed by atoms with Crippen molar-refractivity contribution in [2.75, 3.05) is 0 Å². The molecule has 0 saturated carbocycles. The number of hydrogen-bond donors (Lipinski definition) is 1. The number of thiophene rings is 1. The summed E-state index contributed by atoms with van der Waals surface area (Å²) in [6.45, 7) is 1.89. The second-order valence-electron chi connectivity index (χ2n) is 1.80. The van der Waals surface area contributed by atoms with Crippen LogP contribution in [0.1, 0.15) is 10.4 Å². The first-order valence-corrected chi connectivity index (χ1v) is 3.47. The molecule has 0 radical (unpaired) electrons. The highest BCUT2D eigenvalue weighted by Gasteiger charge is 2.03. The molecule has 0 unspecified atom stereocenters. The van der Waals surface area contributed by atoms with Crippen molar-refractivity contribution in [3.63, 3.8) is 0 Å². The summed E-state index contributed by atoms with van der Waals surface area (Å²) in [5.74, 6) is 0. The molecule has 0 atom stereocenters. The van der Waals surface area contributed by atoms with Gasteiger partial charge in [0.05, 0.1) is 5.56 Å². The van der Waals surface area contributed by atoms with Gasteiger partial charge in [0.1, 0.15) is 6.07 Å². The minimum atomic E-state index is 0.498. The first-order chi connectivity index (χ1) is 4.77. The van der Waals surface area contributed by atoms with Gasteiger partial charge in [-0.25, -0.2) is 5.53 Å². The predicted molar refractivity (Wildman–Crippen MR) is 38.6 cm³/mol. The summed E-state index contributed by atoms with van der Waals surface area (Å²) in [5, 5.41) is 12.2. The van der Waals surface area contributed by atoms with Gasteiger partial charge in [0, 0.05) is 4.88 Å². The van der Waals surface area contributed by atoms with Crippen molar-refractivity contribution in [1.82, 2.24) is 0 Å². The molecule has 0 spiro atoms. The van der Waals surface area contributed by atoms with E-state index < -0.39 is 0 Å². The molecule has 0 bridgehead atoms. The van der Waals surface area contributed by atoms with Crippen LogP contribution in [0, 0.1) is 23.8 Å². The number of nitrogens with zero attached hydrogens (tertiary/aromatic N) is 2. The van der Waals surface area contributed by atoms with E-state index in [1.165, 1.54) is 11.3 Å². The van der Waals surface area contributed by atoms with Crippen molar-refractivity contribution in [3.05, 3.63) is 16.5 Å². The zero-order valence-corrected chi connectivity index (χ0v) is 6.20. The van der Waals surface area contributed by atoms with Crippen molar-refractivity contribution >= 4 is 16.3 Å². The van der Waals surface area contributed by atoms with Crippen molar-refractivity contribution in [3.8, 4) is 6.07 Å². The normalized spacial score (nSPS) is 8.80. The van der Waals surface area contributed by atoms with Crippen LogP contribution in [0.5, 0.6) is 0 Å². The Hall–Kier alpha value is -1.21. The summed E-state index contributed by atoms with van der Waals surface area (Å²) >= 11 is 1.36. The highest BCUT2D eigenvalue weighted by molar-refractivity contribution is 7.15. The quantitative estimate of drug-likeness (QED) is 0.616. The summed E-state index contributed by atoms with van der Waals surface area (Å²) in [6, 6.07) is 3.70. The monoisotopic (exact) mass is 151 g/mol. The molecule has 1 heterocycles. The fraction of sp³-hybridized carbons (Fsp3) is 0.167. The van der Waals surface area contributed by atoms with E-state index in [1.54, 1.807) is 6.07 Å². The maximum Gasteiger partial charge on any atom is 0.156 e. The molecule has 0 amide bonds. The van der Waals surface area contributed by atoms with E-state index in [9.17, 15) is 0 Å². The molecular weight excluding hydrogens is 146 g/mol. The largest absolute Gasteiger partial charge is 0.203 e. The molecule has 0 fully saturated rings. The topological polar surface area (TPSA) is 60.0 Å². The maximum absolute atomic E-state index is 8.48. The fourth-order valence-electron chi connectivity index (χ4n) is 0.665. The van der Waals surface area contributed by atoms with Crippen LogP contribution >= 0.6 is 11.3 Å². The Balaban J connectivity index is 3.24. The Morgan fingerprint density at radius 1 is 1.80 bits per heavy atom. The first kappa shape index (κ1) is 6.90. The van der Waals surface area contributed by atoms with Crippen LogP contribution in [-0.4, -0.2) is 0 Å². The molecule has 0 aliphatic carbocycles. The third-order valence-electron chi connectivity index (χ3n) is 1.06. The molecule has 50 valence electrons. The van der Waals surface area contributed by atoms with E-state index >= 15 is 0 Å². The van der Waals surface area contributed by atoms with E-state index in [0.717, 1.165) is 4.88 Å². The molecule has 0 aliphatic rings. The van der Waals surface area contributed by atoms with Gasteiger partial charge < -0.3 is 0 Å². The molecule has 0 aliphatic heterocycles. The Morgan fingerprint density at radius 3 is 2.90 bits per heavy atom. The Morgan fingerprint density at radius 2 is 2.50 bits per heavy atom. The zero-order chi connectivity index (χ0) is 7.56. The zero-order valence-electron chi connectivity index (χ0n) is 5.38. The van der Waals surface area contributed by atoms with E-state index in [4.69, 9.17) is 10.8 Å². The molecule has 10 heavy (non-hydrogen) atoms. The van der Waals surface area contributed by atoms with Gasteiger partial charge in [-0.05, 0) is 13.0 Å². The Bertz CT molecular complexity index is 294. The van der Waals surface area contributed by atoms with Gasteiger partial charge in [0.2, 0.25) is 0 Å². The van der Waals surface area contributed by atoms with Crippen LogP contribution in [0.4, 0.5) is 5.00 Å². The number of hydrogen-bond acceptors (Lipinski definition) is 4. The fourth-order valence-corrected chi connectivity index (χ4v) is 1.41. The third kappa shape index (κ3) is 1.04. The number of nitriles is 1. The van der Waals surface area contributed by atoms with Gasteiger partial charge in [-0.2, -0.15) is 5.26 Å². The van der Waals surface area contributed by atoms with Crippen LogP contribution < -0.4 is 0 Å². The molecule has 3 nitrogen and oxygen atoms in total. The van der Waals surface area contributed by atoms with Gasteiger partial charge in [-0.1, -0.05) is 0 Å². The molecule has 1 rings (SSSR count). The van der Waals surface area contributed by atoms with Gasteiger partial charge >= 0.3 is 0 Å². The van der Waals surface area contributed by atoms with Crippen LogP contribution in [0.25, 0.3) is 0 Å². The van der Waals surface area contributed by atoms with Crippen LogP contribution in [0.2, 0.25) is 0 Å². The average Bonchev–Trinajstić information content (AvgIpc) is 2.30. The molecular formula is C6H5N3S. The van der Waals surface area contributed by atoms with Gasteiger partial charge in [0.15, 0.2) is 5.00 Å². The molecule has 1 N–H and O–H groups in total. The lowest BCUT2D eigenvalue weighted by Gasteiger charge is -1.77. The number of nitrogens with one attached hydrogen (secondary N) is 1. The van der Waals surface area contributed by atoms with Crippen molar-refractivity contribution < 1.29 is 0 Å². The second kappa shape index (κ2) is 2.58. The summed E-state index contributed by atoms with van der Waals surface area (Å²) in [7, 11) is 0. The number of aryl methyl sites for hydroxylation is 1. The molecule has 1 aromatic rings. The third-order valence-corrected chi connectivity index (χ3v) is 2.00. The second-order valence-corrected chi connectivity index (χ2v) is 3.03. The standard InChI is InChI=1S/C6H5N3S/c1-4-2-5(3-7)6(9-8)10-4/h2,8H,1H3. The molecule has 0 saturated heterocycles. The van der Waals surface area contributed by atoms with Crippen molar-refractivity contribution in [1.29, 1.82) is 10.8 Å². The average molecular weight is 151 g/mol. The van der Waals surface area contributed by atoms with Crippen LogP contribution in [0.15, 0.2) is 11.2 Å². The Kier molecular flexibility index (Phi) is 1.78. The lowest BCUT2D eigenvalue weighted by molar-refractivity contribution is 1.16. The molecule has 0 aromatic carbocycles. The number of rotatable bonds is 1. The summed E-state index contributed by atoms with van der Waals surface area (Å²) in [4.78, 5) is 1.02. The summed E-state index contributed by atoms with van der Waals surface area (Å²) in [5.41, 5.74) is 7.18. The first-order valence-electron chi connectivity index (χ1n) is 2.66. The van der Waals surface area contributed by atoms with E-state index in [2.05, 4.69) is 5.11 Å². The maximum atomic E-state index is 8.48. The SMILES string of the molecule is Cc1cc(C#N)c(N=N)s1. The van der Waals surface area contributed by atoms with E-state index in [0.29, 0.717) is 10.6 Å². The predicted octanol–water partition coefficient (Wildman–Crippen LogP) is 2.59. The summed E-state index contributed by atoms with van der Waals surface area (Å²) in [6.07, 6.45) is 0. The molecule has 1 aromatic heterocycles. The van der Waals surface area contributed by atoms with Gasteiger partial charge in [-0.15, -0.1) is 16.5 Å². The summed E-state index contributed by atoms with van der Waals surface area (Å²) < 4.78 is 0. The lowest BCUT2D eigenvalue weighted by Crippen LogP contribution is -1.61. The van der Waals surface area contributed by atoms with E-state index in [-0.39, 0.29) is 0 Å². The Labute approximate surface area is 62.4 Å². The van der Waals surface area contributed by atoms with Gasteiger partial charge in [0.25, 0.3) is 0 Å². The smallest absolute Gasteiger partial charge is 0.156 e. The van der Waals surface area contributed by atoms with Crippen LogP contribution in [-0.2, 0) is 0 Å². The molecule has 4 heteroatoms. The van der Waals surface area contributed by atoms with Crippen molar-refractivity contribution in [2.24, 2.45) is 5.11 Å². The van der Waals surface area contributed by atoms with Crippen LogP contribution in [0.3, 0.4) is 0 Å². The highest BCUT2D eigenvalue weighted by Crippen LogP contribution is 2.28. The minimum absolute atomic E-state index is 0.498. The van der Waals surface area contributed by atoms with E-state index in [1.807, 2.05) is 13.0 Å². The lowest BCUT2D eigenvalue weighted by atomic mass is 10.3. The minimum Gasteiger partial charge on any atom is -0.203 e. The van der Waals surface area contributed by atoms with Gasteiger partial charge in [-0.3, -0.25) is 0 Å².